The first kappa shape index (κ1) is 19.1. The lowest BCUT2D eigenvalue weighted by molar-refractivity contribution is 0.0946. The third-order valence-corrected chi connectivity index (χ3v) is 3.90. The summed E-state index contributed by atoms with van der Waals surface area (Å²) in [6, 6.07) is 5.57. The van der Waals surface area contributed by atoms with Gasteiger partial charge in [-0.05, 0) is 58.1 Å². The van der Waals surface area contributed by atoms with Gasteiger partial charge in [0.15, 0.2) is 0 Å². The lowest BCUT2D eigenvalue weighted by Gasteiger charge is -2.13. The number of carbonyl (C=O) groups is 1. The lowest BCUT2D eigenvalue weighted by atomic mass is 10.1. The largest absolute Gasteiger partial charge is 0.349 e. The van der Waals surface area contributed by atoms with E-state index in [0.29, 0.717) is 28.9 Å². The fourth-order valence-corrected chi connectivity index (χ4v) is 2.78. The minimum atomic E-state index is -0.220. The fourth-order valence-electron chi connectivity index (χ4n) is 2.41. The minimum Gasteiger partial charge on any atom is -0.349 e. The van der Waals surface area contributed by atoms with Crippen LogP contribution in [0.1, 0.15) is 27.3 Å². The first-order valence-electron chi connectivity index (χ1n) is 8.08. The highest BCUT2D eigenvalue weighted by atomic mass is 35.5. The molecule has 0 aliphatic rings. The molecule has 7 heteroatoms. The van der Waals surface area contributed by atoms with Crippen molar-refractivity contribution in [2.24, 2.45) is 0 Å². The molecule has 1 aromatic heterocycles. The Hall–Kier alpha value is -2.18. The Morgan fingerprint density at radius 3 is 2.52 bits per heavy atom. The Labute approximate surface area is 153 Å². The van der Waals surface area contributed by atoms with E-state index in [-0.39, 0.29) is 5.91 Å². The van der Waals surface area contributed by atoms with Crippen LogP contribution in [0.25, 0.3) is 0 Å². The number of aromatic nitrogens is 2. The molecular formula is C18H24ClN5O. The van der Waals surface area contributed by atoms with Crippen molar-refractivity contribution < 1.29 is 4.79 Å². The molecule has 0 aliphatic carbocycles. The molecule has 2 N–H and O–H groups in total. The van der Waals surface area contributed by atoms with E-state index in [0.717, 1.165) is 23.4 Å². The maximum absolute atomic E-state index is 12.3. The van der Waals surface area contributed by atoms with Gasteiger partial charge in [0.25, 0.3) is 5.91 Å². The van der Waals surface area contributed by atoms with Crippen LogP contribution in [-0.4, -0.2) is 48.0 Å². The third kappa shape index (κ3) is 5.41. The molecule has 0 saturated carbocycles. The Kier molecular flexibility index (Phi) is 6.33. The van der Waals surface area contributed by atoms with Crippen LogP contribution in [0.15, 0.2) is 18.2 Å². The van der Waals surface area contributed by atoms with E-state index >= 15 is 0 Å². The molecule has 0 bridgehead atoms. The molecule has 2 aromatic rings. The Balaban J connectivity index is 2.20. The summed E-state index contributed by atoms with van der Waals surface area (Å²) in [7, 11) is 3.91. The SMILES string of the molecule is Cc1cc(C)c(Nc2nc(C)cc(C(=O)NCCN(C)C)n2)c(Cl)c1. The molecule has 0 fully saturated rings. The van der Waals surface area contributed by atoms with Crippen molar-refractivity contribution in [2.45, 2.75) is 20.8 Å². The molecule has 0 aliphatic heterocycles. The Morgan fingerprint density at radius 1 is 1.16 bits per heavy atom. The van der Waals surface area contributed by atoms with E-state index < -0.39 is 0 Å². The summed E-state index contributed by atoms with van der Waals surface area (Å²) in [6.45, 7) is 7.10. The van der Waals surface area contributed by atoms with Crippen LogP contribution in [-0.2, 0) is 0 Å². The lowest BCUT2D eigenvalue weighted by Crippen LogP contribution is -2.32. The number of benzene rings is 1. The maximum atomic E-state index is 12.3. The average molecular weight is 362 g/mol. The highest BCUT2D eigenvalue weighted by molar-refractivity contribution is 6.33. The zero-order valence-electron chi connectivity index (χ0n) is 15.3. The Bertz CT molecular complexity index is 753. The molecule has 6 nitrogen and oxygen atoms in total. The quantitative estimate of drug-likeness (QED) is 0.827. The fraction of sp³-hybridized carbons (Fsp3) is 0.389. The van der Waals surface area contributed by atoms with E-state index in [1.807, 2.05) is 51.9 Å². The molecule has 0 radical (unpaired) electrons. The van der Waals surface area contributed by atoms with Gasteiger partial charge < -0.3 is 15.5 Å². The molecular weight excluding hydrogens is 338 g/mol. The Morgan fingerprint density at radius 2 is 1.88 bits per heavy atom. The summed E-state index contributed by atoms with van der Waals surface area (Å²) in [4.78, 5) is 23.0. The summed E-state index contributed by atoms with van der Waals surface area (Å²) in [6.07, 6.45) is 0. The van der Waals surface area contributed by atoms with Crippen LogP contribution in [0.2, 0.25) is 5.02 Å². The van der Waals surface area contributed by atoms with Gasteiger partial charge in [-0.1, -0.05) is 17.7 Å². The van der Waals surface area contributed by atoms with Gasteiger partial charge in [0.1, 0.15) is 5.69 Å². The molecule has 1 heterocycles. The highest BCUT2D eigenvalue weighted by Crippen LogP contribution is 2.29. The van der Waals surface area contributed by atoms with Gasteiger partial charge >= 0.3 is 0 Å². The predicted molar refractivity (Wildman–Crippen MR) is 102 cm³/mol. The van der Waals surface area contributed by atoms with Crippen molar-refractivity contribution in [3.05, 3.63) is 45.7 Å². The van der Waals surface area contributed by atoms with E-state index in [2.05, 4.69) is 20.6 Å². The van der Waals surface area contributed by atoms with E-state index in [4.69, 9.17) is 11.6 Å². The van der Waals surface area contributed by atoms with Gasteiger partial charge in [0.2, 0.25) is 5.95 Å². The second-order valence-electron chi connectivity index (χ2n) is 6.34. The van der Waals surface area contributed by atoms with Crippen molar-refractivity contribution in [1.82, 2.24) is 20.2 Å². The number of hydrogen-bond donors (Lipinski definition) is 2. The van der Waals surface area contributed by atoms with Crippen molar-refractivity contribution >= 4 is 29.1 Å². The minimum absolute atomic E-state index is 0.220. The monoisotopic (exact) mass is 361 g/mol. The second-order valence-corrected chi connectivity index (χ2v) is 6.75. The third-order valence-electron chi connectivity index (χ3n) is 3.60. The molecule has 25 heavy (non-hydrogen) atoms. The van der Waals surface area contributed by atoms with Crippen molar-refractivity contribution in [1.29, 1.82) is 0 Å². The summed E-state index contributed by atoms with van der Waals surface area (Å²) in [5, 5.41) is 6.59. The first-order valence-corrected chi connectivity index (χ1v) is 8.46. The van der Waals surface area contributed by atoms with Crippen LogP contribution in [0.5, 0.6) is 0 Å². The van der Waals surface area contributed by atoms with Crippen molar-refractivity contribution in [2.75, 3.05) is 32.5 Å². The van der Waals surface area contributed by atoms with Crippen LogP contribution in [0, 0.1) is 20.8 Å². The first-order chi connectivity index (χ1) is 11.8. The van der Waals surface area contributed by atoms with Gasteiger partial charge in [-0.15, -0.1) is 0 Å². The van der Waals surface area contributed by atoms with Crippen LogP contribution >= 0.6 is 11.6 Å². The molecule has 1 aromatic carbocycles. The van der Waals surface area contributed by atoms with E-state index in [1.54, 1.807) is 6.07 Å². The van der Waals surface area contributed by atoms with Gasteiger partial charge in [0.05, 0.1) is 10.7 Å². The summed E-state index contributed by atoms with van der Waals surface area (Å²) in [5.41, 5.74) is 3.86. The molecule has 0 saturated heterocycles. The summed E-state index contributed by atoms with van der Waals surface area (Å²) >= 11 is 6.32. The van der Waals surface area contributed by atoms with E-state index in [9.17, 15) is 4.79 Å². The number of carbonyl (C=O) groups excluding carboxylic acids is 1. The normalized spacial score (nSPS) is 10.8. The number of hydrogen-bond acceptors (Lipinski definition) is 5. The molecule has 134 valence electrons. The molecule has 2 rings (SSSR count). The summed E-state index contributed by atoms with van der Waals surface area (Å²) in [5.74, 6) is 0.133. The molecule has 1 amide bonds. The zero-order chi connectivity index (χ0) is 18.6. The number of aryl methyl sites for hydroxylation is 3. The van der Waals surface area contributed by atoms with Crippen molar-refractivity contribution in [3.8, 4) is 0 Å². The topological polar surface area (TPSA) is 70.2 Å². The van der Waals surface area contributed by atoms with E-state index in [1.165, 1.54) is 0 Å². The average Bonchev–Trinajstić information content (AvgIpc) is 2.49. The van der Waals surface area contributed by atoms with Crippen LogP contribution < -0.4 is 10.6 Å². The predicted octanol–water partition coefficient (Wildman–Crippen LogP) is 3.09. The van der Waals surface area contributed by atoms with Crippen LogP contribution in [0.3, 0.4) is 0 Å². The number of nitrogens with one attached hydrogen (secondary N) is 2. The van der Waals surface area contributed by atoms with Gasteiger partial charge in [-0.25, -0.2) is 9.97 Å². The van der Waals surface area contributed by atoms with Crippen molar-refractivity contribution in [3.63, 3.8) is 0 Å². The number of nitrogens with zero attached hydrogens (tertiary/aromatic N) is 3. The molecule has 0 unspecified atom stereocenters. The zero-order valence-corrected chi connectivity index (χ0v) is 16.0. The number of amides is 1. The van der Waals surface area contributed by atoms with Gasteiger partial charge in [0, 0.05) is 18.8 Å². The van der Waals surface area contributed by atoms with Gasteiger partial charge in [-0.2, -0.15) is 0 Å². The smallest absolute Gasteiger partial charge is 0.270 e. The second kappa shape index (κ2) is 8.27. The maximum Gasteiger partial charge on any atom is 0.270 e. The number of anilines is 2. The highest BCUT2D eigenvalue weighted by Gasteiger charge is 2.12. The standard InChI is InChI=1S/C18H24ClN5O/c1-11-8-12(2)16(14(19)9-11)23-18-21-13(3)10-15(22-18)17(25)20-6-7-24(4)5/h8-10H,6-7H2,1-5H3,(H,20,25)(H,21,22,23). The van der Waals surface area contributed by atoms with Crippen LogP contribution in [0.4, 0.5) is 11.6 Å². The number of likely N-dealkylation sites (N-methyl/N-ethyl adjacent to an activating group) is 1. The number of halogens is 1. The molecule has 0 spiro atoms. The summed E-state index contributed by atoms with van der Waals surface area (Å²) < 4.78 is 0. The number of rotatable bonds is 6. The van der Waals surface area contributed by atoms with Gasteiger partial charge in [-0.3, -0.25) is 4.79 Å². The molecule has 0 atom stereocenters.